The van der Waals surface area contributed by atoms with E-state index in [2.05, 4.69) is 41.8 Å². The van der Waals surface area contributed by atoms with Crippen molar-refractivity contribution in [3.63, 3.8) is 0 Å². The Morgan fingerprint density at radius 2 is 1.88 bits per heavy atom. The van der Waals surface area contributed by atoms with E-state index in [1.165, 1.54) is 49.9 Å². The van der Waals surface area contributed by atoms with Gasteiger partial charge in [-0.15, -0.1) is 0 Å². The van der Waals surface area contributed by atoms with Crippen molar-refractivity contribution in [2.45, 2.75) is 38.6 Å². The first kappa shape index (κ1) is 12.6. The fourth-order valence-corrected chi connectivity index (χ4v) is 2.38. The topological polar surface area (TPSA) is 24.1 Å². The Morgan fingerprint density at radius 1 is 1.18 bits per heavy atom. The van der Waals surface area contributed by atoms with E-state index in [4.69, 9.17) is 0 Å². The van der Waals surface area contributed by atoms with Gasteiger partial charge in [0.1, 0.15) is 0 Å². The zero-order valence-electron chi connectivity index (χ0n) is 10.8. The van der Waals surface area contributed by atoms with Gasteiger partial charge in [0, 0.05) is 6.04 Å². The van der Waals surface area contributed by atoms with Crippen LogP contribution in [0.2, 0.25) is 0 Å². The maximum atomic E-state index is 3.66. The minimum atomic E-state index is 0.745. The molecule has 94 valence electrons. The standard InChI is InChI=1S/C15H24N2/c1-13-4-6-14(7-5-13)3-2-10-17-15-8-11-16-12-9-15/h4-7,15-17H,2-3,8-12H2,1H3. The van der Waals surface area contributed by atoms with Crippen LogP contribution < -0.4 is 10.6 Å². The van der Waals surface area contributed by atoms with Gasteiger partial charge in [-0.2, -0.15) is 0 Å². The molecule has 0 unspecified atom stereocenters. The molecule has 1 saturated heterocycles. The summed E-state index contributed by atoms with van der Waals surface area (Å²) in [7, 11) is 0. The van der Waals surface area contributed by atoms with Gasteiger partial charge in [0.25, 0.3) is 0 Å². The van der Waals surface area contributed by atoms with Gasteiger partial charge in [-0.25, -0.2) is 0 Å². The second-order valence-corrected chi connectivity index (χ2v) is 5.07. The van der Waals surface area contributed by atoms with Gasteiger partial charge >= 0.3 is 0 Å². The molecule has 0 radical (unpaired) electrons. The van der Waals surface area contributed by atoms with E-state index in [1.54, 1.807) is 0 Å². The van der Waals surface area contributed by atoms with Crippen molar-refractivity contribution >= 4 is 0 Å². The Balaban J connectivity index is 1.60. The van der Waals surface area contributed by atoms with Gasteiger partial charge in [0.05, 0.1) is 0 Å². The number of piperidine rings is 1. The molecule has 1 aromatic rings. The SMILES string of the molecule is Cc1ccc(CCCNC2CCNCC2)cc1. The number of aryl methyl sites for hydroxylation is 2. The predicted molar refractivity (Wildman–Crippen MR) is 73.4 cm³/mol. The molecule has 0 bridgehead atoms. The van der Waals surface area contributed by atoms with Crippen LogP contribution in [0.25, 0.3) is 0 Å². The van der Waals surface area contributed by atoms with E-state index in [0.29, 0.717) is 0 Å². The number of hydrogen-bond donors (Lipinski definition) is 2. The van der Waals surface area contributed by atoms with Gasteiger partial charge in [-0.3, -0.25) is 0 Å². The summed E-state index contributed by atoms with van der Waals surface area (Å²) in [6.07, 6.45) is 5.00. The summed E-state index contributed by atoms with van der Waals surface area (Å²) in [5, 5.41) is 7.06. The first-order valence-corrected chi connectivity index (χ1v) is 6.84. The van der Waals surface area contributed by atoms with Crippen molar-refractivity contribution in [2.75, 3.05) is 19.6 Å². The largest absolute Gasteiger partial charge is 0.317 e. The van der Waals surface area contributed by atoms with Crippen LogP contribution in [0.4, 0.5) is 0 Å². The average Bonchev–Trinajstić information content (AvgIpc) is 2.38. The van der Waals surface area contributed by atoms with Gasteiger partial charge in [0.2, 0.25) is 0 Å². The average molecular weight is 232 g/mol. The van der Waals surface area contributed by atoms with Gasteiger partial charge < -0.3 is 10.6 Å². The minimum absolute atomic E-state index is 0.745. The Kier molecular flexibility index (Phi) is 5.02. The maximum Gasteiger partial charge on any atom is 0.00912 e. The quantitative estimate of drug-likeness (QED) is 0.761. The lowest BCUT2D eigenvalue weighted by Crippen LogP contribution is -2.40. The summed E-state index contributed by atoms with van der Waals surface area (Å²) in [5.41, 5.74) is 2.81. The fraction of sp³-hybridized carbons (Fsp3) is 0.600. The molecule has 2 heteroatoms. The molecule has 1 aliphatic heterocycles. The predicted octanol–water partition coefficient (Wildman–Crippen LogP) is 2.27. The maximum absolute atomic E-state index is 3.66. The molecule has 0 spiro atoms. The van der Waals surface area contributed by atoms with Crippen LogP contribution in [0.3, 0.4) is 0 Å². The summed E-state index contributed by atoms with van der Waals surface area (Å²) in [6.45, 7) is 5.65. The first-order valence-electron chi connectivity index (χ1n) is 6.84. The molecular weight excluding hydrogens is 208 g/mol. The zero-order valence-corrected chi connectivity index (χ0v) is 10.8. The lowest BCUT2D eigenvalue weighted by Gasteiger charge is -2.23. The summed E-state index contributed by atoms with van der Waals surface area (Å²) in [5.74, 6) is 0. The highest BCUT2D eigenvalue weighted by atomic mass is 15.0. The lowest BCUT2D eigenvalue weighted by molar-refractivity contribution is 0.386. The van der Waals surface area contributed by atoms with Crippen LogP contribution in [0.15, 0.2) is 24.3 Å². The van der Waals surface area contributed by atoms with Crippen LogP contribution >= 0.6 is 0 Å². The number of hydrogen-bond acceptors (Lipinski definition) is 2. The van der Waals surface area contributed by atoms with Gasteiger partial charge in [-0.1, -0.05) is 29.8 Å². The molecule has 0 amide bonds. The summed E-state index contributed by atoms with van der Waals surface area (Å²) in [6, 6.07) is 9.65. The zero-order chi connectivity index (χ0) is 11.9. The molecule has 17 heavy (non-hydrogen) atoms. The van der Waals surface area contributed by atoms with Gasteiger partial charge in [-0.05, 0) is 57.8 Å². The van der Waals surface area contributed by atoms with E-state index in [-0.39, 0.29) is 0 Å². The van der Waals surface area contributed by atoms with E-state index in [0.717, 1.165) is 12.6 Å². The number of nitrogens with one attached hydrogen (secondary N) is 2. The molecule has 0 aromatic heterocycles. The minimum Gasteiger partial charge on any atom is -0.317 e. The molecular formula is C15H24N2. The Labute approximate surface area is 105 Å². The van der Waals surface area contributed by atoms with E-state index < -0.39 is 0 Å². The molecule has 1 fully saturated rings. The van der Waals surface area contributed by atoms with E-state index in [1.807, 2.05) is 0 Å². The summed E-state index contributed by atoms with van der Waals surface area (Å²) >= 11 is 0. The van der Waals surface area contributed by atoms with Crippen molar-refractivity contribution in [1.82, 2.24) is 10.6 Å². The third-order valence-corrected chi connectivity index (χ3v) is 3.53. The Bertz CT molecular complexity index is 312. The van der Waals surface area contributed by atoms with Crippen molar-refractivity contribution < 1.29 is 0 Å². The van der Waals surface area contributed by atoms with Crippen LogP contribution in [0, 0.1) is 6.92 Å². The third-order valence-electron chi connectivity index (χ3n) is 3.53. The van der Waals surface area contributed by atoms with Crippen LogP contribution in [0.1, 0.15) is 30.4 Å². The second kappa shape index (κ2) is 6.77. The molecule has 1 aliphatic rings. The van der Waals surface area contributed by atoms with Crippen LogP contribution in [-0.4, -0.2) is 25.7 Å². The Morgan fingerprint density at radius 3 is 2.59 bits per heavy atom. The Hall–Kier alpha value is -0.860. The monoisotopic (exact) mass is 232 g/mol. The molecule has 1 heterocycles. The smallest absolute Gasteiger partial charge is 0.00912 e. The van der Waals surface area contributed by atoms with E-state index >= 15 is 0 Å². The highest BCUT2D eigenvalue weighted by molar-refractivity contribution is 5.21. The van der Waals surface area contributed by atoms with Gasteiger partial charge in [0.15, 0.2) is 0 Å². The van der Waals surface area contributed by atoms with Crippen molar-refractivity contribution in [2.24, 2.45) is 0 Å². The molecule has 2 rings (SSSR count). The molecule has 0 aliphatic carbocycles. The molecule has 2 nitrogen and oxygen atoms in total. The lowest BCUT2D eigenvalue weighted by atomic mass is 10.1. The third kappa shape index (κ3) is 4.49. The number of rotatable bonds is 5. The summed E-state index contributed by atoms with van der Waals surface area (Å²) < 4.78 is 0. The highest BCUT2D eigenvalue weighted by Gasteiger charge is 2.10. The molecule has 0 saturated carbocycles. The number of benzene rings is 1. The fourth-order valence-electron chi connectivity index (χ4n) is 2.38. The molecule has 1 aromatic carbocycles. The summed E-state index contributed by atoms with van der Waals surface area (Å²) in [4.78, 5) is 0. The normalized spacial score (nSPS) is 17.2. The second-order valence-electron chi connectivity index (χ2n) is 5.07. The molecule has 2 N–H and O–H groups in total. The first-order chi connectivity index (χ1) is 8.34. The van der Waals surface area contributed by atoms with Crippen LogP contribution in [0.5, 0.6) is 0 Å². The van der Waals surface area contributed by atoms with Crippen molar-refractivity contribution in [3.8, 4) is 0 Å². The van der Waals surface area contributed by atoms with E-state index in [9.17, 15) is 0 Å². The highest BCUT2D eigenvalue weighted by Crippen LogP contribution is 2.06. The van der Waals surface area contributed by atoms with Crippen molar-refractivity contribution in [3.05, 3.63) is 35.4 Å². The van der Waals surface area contributed by atoms with Crippen molar-refractivity contribution in [1.29, 1.82) is 0 Å². The molecule has 0 atom stereocenters. The van der Waals surface area contributed by atoms with Crippen LogP contribution in [-0.2, 0) is 6.42 Å².